The van der Waals surface area contributed by atoms with Gasteiger partial charge in [0.1, 0.15) is 5.76 Å². The van der Waals surface area contributed by atoms with Gasteiger partial charge in [-0.3, -0.25) is 4.79 Å². The summed E-state index contributed by atoms with van der Waals surface area (Å²) in [4.78, 5) is 10.8. The molecule has 1 atom stereocenters. The van der Waals surface area contributed by atoms with Crippen molar-refractivity contribution in [1.82, 2.24) is 0 Å². The lowest BCUT2D eigenvalue weighted by Gasteiger charge is -2.08. The number of alkyl halides is 1. The Morgan fingerprint density at radius 1 is 1.38 bits per heavy atom. The van der Waals surface area contributed by atoms with Gasteiger partial charge in [0, 0.05) is 12.8 Å². The molecule has 0 saturated heterocycles. The fraction of sp³-hybridized carbons (Fsp3) is 0.667. The van der Waals surface area contributed by atoms with Gasteiger partial charge < -0.3 is 4.74 Å². The largest absolute Gasteiger partial charge is 0.428 e. The number of carbonyl (C=O) groups is 1. The third-order valence-corrected chi connectivity index (χ3v) is 1.46. The van der Waals surface area contributed by atoms with Gasteiger partial charge in [0.2, 0.25) is 0 Å². The maximum Gasteiger partial charge on any atom is 0.310 e. The van der Waals surface area contributed by atoms with Crippen LogP contribution >= 0.6 is 0 Å². The molecule has 0 spiro atoms. The smallest absolute Gasteiger partial charge is 0.310 e. The molecule has 76 valence electrons. The Labute approximate surface area is 76.6 Å². The molecule has 1 unspecified atom stereocenters. The van der Waals surface area contributed by atoms with Crippen LogP contribution in [-0.4, -0.2) is 12.1 Å². The topological polar surface area (TPSA) is 26.3 Å². The van der Waals surface area contributed by atoms with Crippen molar-refractivity contribution in [3.8, 4) is 0 Å². The summed E-state index contributed by atoms with van der Waals surface area (Å²) in [5.41, 5.74) is 0. The summed E-state index contributed by atoms with van der Waals surface area (Å²) in [5, 5.41) is 0. The lowest BCUT2D eigenvalue weighted by Crippen LogP contribution is -2.07. The molecule has 0 aliphatic rings. The number of esters is 1. The number of allylic oxidation sites excluding steroid dienone is 2. The lowest BCUT2D eigenvalue weighted by molar-refractivity contribution is -0.139. The van der Waals surface area contributed by atoms with Gasteiger partial charge in [0.15, 0.2) is 12.0 Å². The van der Waals surface area contributed by atoms with E-state index in [-0.39, 0.29) is 18.6 Å². The van der Waals surface area contributed by atoms with E-state index < -0.39 is 18.0 Å². The fourth-order valence-electron chi connectivity index (χ4n) is 0.721. The molecule has 2 nitrogen and oxygen atoms in total. The van der Waals surface area contributed by atoms with Crippen LogP contribution < -0.4 is 0 Å². The molecule has 0 aliphatic heterocycles. The highest BCUT2D eigenvalue weighted by Gasteiger charge is 2.15. The van der Waals surface area contributed by atoms with Gasteiger partial charge in [0.25, 0.3) is 0 Å². The minimum atomic E-state index is -1.72. The third kappa shape index (κ3) is 4.01. The Hall–Kier alpha value is -0.930. The van der Waals surface area contributed by atoms with E-state index in [4.69, 9.17) is 0 Å². The molecule has 0 radical (unpaired) electrons. The van der Waals surface area contributed by atoms with Gasteiger partial charge in [-0.15, -0.1) is 0 Å². The second-order valence-electron chi connectivity index (χ2n) is 2.57. The molecule has 0 saturated carbocycles. The molecule has 4 heteroatoms. The van der Waals surface area contributed by atoms with Gasteiger partial charge >= 0.3 is 5.97 Å². The van der Waals surface area contributed by atoms with Crippen molar-refractivity contribution in [3.63, 3.8) is 0 Å². The van der Waals surface area contributed by atoms with Crippen molar-refractivity contribution >= 4 is 5.97 Å². The predicted octanol–water partition coefficient (Wildman–Crippen LogP) is 2.89. The highest BCUT2D eigenvalue weighted by atomic mass is 19.2. The first kappa shape index (κ1) is 12.1. The van der Waals surface area contributed by atoms with Crippen LogP contribution in [0.5, 0.6) is 0 Å². The average molecular weight is 192 g/mol. The molecular formula is C9H14F2O2. The molecule has 0 aliphatic carbocycles. The average Bonchev–Trinajstić information content (AvgIpc) is 2.12. The molecular weight excluding hydrogens is 178 g/mol. The highest BCUT2D eigenvalue weighted by molar-refractivity contribution is 5.70. The van der Waals surface area contributed by atoms with Gasteiger partial charge in [-0.1, -0.05) is 13.8 Å². The van der Waals surface area contributed by atoms with Crippen molar-refractivity contribution in [2.24, 2.45) is 0 Å². The number of ether oxygens (including phenoxy) is 1. The first-order chi connectivity index (χ1) is 6.02. The van der Waals surface area contributed by atoms with Crippen LogP contribution in [0, 0.1) is 0 Å². The normalized spacial score (nSPS) is 14.8. The number of carbonyl (C=O) groups excluding carboxylic acids is 1. The van der Waals surface area contributed by atoms with Crippen LogP contribution in [0.25, 0.3) is 0 Å². The molecule has 0 rings (SSSR count). The van der Waals surface area contributed by atoms with E-state index in [1.54, 1.807) is 13.8 Å². The number of hydrogen-bond acceptors (Lipinski definition) is 2. The second-order valence-corrected chi connectivity index (χ2v) is 2.57. The Morgan fingerprint density at radius 2 is 1.92 bits per heavy atom. The molecule has 13 heavy (non-hydrogen) atoms. The van der Waals surface area contributed by atoms with Crippen LogP contribution in [0.4, 0.5) is 8.78 Å². The SMILES string of the molecule is CCC(=O)O/C(CC)=C(\F)C(C)F. The van der Waals surface area contributed by atoms with E-state index in [0.717, 1.165) is 6.92 Å². The van der Waals surface area contributed by atoms with Gasteiger partial charge in [-0.2, -0.15) is 0 Å². The molecule has 0 aromatic heterocycles. The second kappa shape index (κ2) is 5.67. The Balaban J connectivity index is 4.49. The Morgan fingerprint density at radius 3 is 2.23 bits per heavy atom. The van der Waals surface area contributed by atoms with Crippen molar-refractivity contribution in [2.45, 2.75) is 39.8 Å². The fourth-order valence-corrected chi connectivity index (χ4v) is 0.721. The van der Waals surface area contributed by atoms with E-state index in [9.17, 15) is 13.6 Å². The quantitative estimate of drug-likeness (QED) is 0.505. The third-order valence-electron chi connectivity index (χ3n) is 1.46. The lowest BCUT2D eigenvalue weighted by atomic mass is 10.3. The number of halogens is 2. The van der Waals surface area contributed by atoms with Crippen molar-refractivity contribution in [1.29, 1.82) is 0 Å². The van der Waals surface area contributed by atoms with Gasteiger partial charge in [0.05, 0.1) is 0 Å². The van der Waals surface area contributed by atoms with Crippen LogP contribution in [0.1, 0.15) is 33.6 Å². The zero-order valence-electron chi connectivity index (χ0n) is 8.06. The van der Waals surface area contributed by atoms with Crippen molar-refractivity contribution in [3.05, 3.63) is 11.6 Å². The van der Waals surface area contributed by atoms with E-state index >= 15 is 0 Å². The van der Waals surface area contributed by atoms with Crippen LogP contribution in [0.3, 0.4) is 0 Å². The molecule has 0 amide bonds. The van der Waals surface area contributed by atoms with E-state index in [1.807, 2.05) is 0 Å². The van der Waals surface area contributed by atoms with E-state index in [1.165, 1.54) is 0 Å². The highest BCUT2D eigenvalue weighted by Crippen LogP contribution is 2.18. The number of rotatable bonds is 4. The van der Waals surface area contributed by atoms with E-state index in [0.29, 0.717) is 0 Å². The van der Waals surface area contributed by atoms with Gasteiger partial charge in [-0.25, -0.2) is 8.78 Å². The summed E-state index contributed by atoms with van der Waals surface area (Å²) in [7, 11) is 0. The maximum atomic E-state index is 12.9. The van der Waals surface area contributed by atoms with Crippen LogP contribution in [-0.2, 0) is 9.53 Å². The monoisotopic (exact) mass is 192 g/mol. The molecule has 0 aromatic rings. The Kier molecular flexibility index (Phi) is 5.26. The number of hydrogen-bond donors (Lipinski definition) is 0. The van der Waals surface area contributed by atoms with Crippen LogP contribution in [0.2, 0.25) is 0 Å². The Bertz CT molecular complexity index is 210. The van der Waals surface area contributed by atoms with Gasteiger partial charge in [-0.05, 0) is 6.92 Å². The zero-order valence-corrected chi connectivity index (χ0v) is 8.06. The summed E-state index contributed by atoms with van der Waals surface area (Å²) < 4.78 is 30.0. The summed E-state index contributed by atoms with van der Waals surface area (Å²) in [6.45, 7) is 4.25. The predicted molar refractivity (Wildman–Crippen MR) is 45.4 cm³/mol. The summed E-state index contributed by atoms with van der Waals surface area (Å²) in [5.74, 6) is -1.75. The van der Waals surface area contributed by atoms with Crippen LogP contribution in [0.15, 0.2) is 11.6 Å². The van der Waals surface area contributed by atoms with E-state index in [2.05, 4.69) is 4.74 Å². The standard InChI is InChI=1S/C9H14F2O2/c1-4-7(9(11)6(3)10)13-8(12)5-2/h6H,4-5H2,1-3H3/b9-7-. The van der Waals surface area contributed by atoms with Crippen molar-refractivity contribution < 1.29 is 18.3 Å². The molecule has 0 fully saturated rings. The molecule has 0 aromatic carbocycles. The summed E-state index contributed by atoms with van der Waals surface area (Å²) in [6, 6.07) is 0. The minimum Gasteiger partial charge on any atom is -0.428 e. The summed E-state index contributed by atoms with van der Waals surface area (Å²) in [6.07, 6.45) is -1.40. The molecule has 0 N–H and O–H groups in total. The first-order valence-corrected chi connectivity index (χ1v) is 4.26. The molecule has 0 heterocycles. The zero-order chi connectivity index (χ0) is 10.4. The minimum absolute atomic E-state index is 0.150. The first-order valence-electron chi connectivity index (χ1n) is 4.26. The molecule has 0 bridgehead atoms. The van der Waals surface area contributed by atoms with Crippen molar-refractivity contribution in [2.75, 3.05) is 0 Å². The maximum absolute atomic E-state index is 12.9. The summed E-state index contributed by atoms with van der Waals surface area (Å²) >= 11 is 0.